The van der Waals surface area contributed by atoms with Crippen LogP contribution in [0.4, 0.5) is 8.78 Å². The van der Waals surface area contributed by atoms with Gasteiger partial charge >= 0.3 is 5.69 Å². The molecule has 3 rings (SSSR count). The fourth-order valence-corrected chi connectivity index (χ4v) is 2.49. The van der Waals surface area contributed by atoms with Crippen LogP contribution in [0, 0.1) is 11.8 Å². The van der Waals surface area contributed by atoms with Crippen LogP contribution in [0.3, 0.4) is 0 Å². The van der Waals surface area contributed by atoms with E-state index in [0.717, 1.165) is 4.57 Å². The van der Waals surface area contributed by atoms with Crippen LogP contribution in [0.1, 0.15) is 17.6 Å². The van der Waals surface area contributed by atoms with Crippen molar-refractivity contribution in [3.8, 4) is 11.8 Å². The monoisotopic (exact) mass is 344 g/mol. The van der Waals surface area contributed by atoms with E-state index >= 15 is 0 Å². The Kier molecular flexibility index (Phi) is 4.23. The highest BCUT2D eigenvalue weighted by atomic mass is 19.3. The molecule has 25 heavy (non-hydrogen) atoms. The van der Waals surface area contributed by atoms with E-state index in [-0.39, 0.29) is 17.8 Å². The molecule has 0 N–H and O–H groups in total. The summed E-state index contributed by atoms with van der Waals surface area (Å²) in [6.45, 7) is -0.0145. The highest BCUT2D eigenvalue weighted by Crippen LogP contribution is 2.18. The van der Waals surface area contributed by atoms with Crippen molar-refractivity contribution in [2.75, 3.05) is 0 Å². The molecule has 0 bridgehead atoms. The quantitative estimate of drug-likeness (QED) is 0.661. The zero-order valence-electron chi connectivity index (χ0n) is 13.5. The van der Waals surface area contributed by atoms with Crippen LogP contribution < -0.4 is 11.2 Å². The second-order valence-electron chi connectivity index (χ2n) is 5.49. The van der Waals surface area contributed by atoms with Crippen LogP contribution in [-0.4, -0.2) is 18.7 Å². The van der Waals surface area contributed by atoms with Gasteiger partial charge in [0.2, 0.25) is 0 Å². The Morgan fingerprint density at radius 2 is 2.00 bits per heavy atom. The van der Waals surface area contributed by atoms with Crippen LogP contribution in [-0.2, 0) is 20.6 Å². The van der Waals surface area contributed by atoms with Crippen molar-refractivity contribution in [3.63, 3.8) is 0 Å². The van der Waals surface area contributed by atoms with Gasteiger partial charge < -0.3 is 4.57 Å². The van der Waals surface area contributed by atoms with Gasteiger partial charge in [-0.05, 0) is 12.1 Å². The minimum atomic E-state index is -2.57. The lowest BCUT2D eigenvalue weighted by atomic mass is 10.1. The van der Waals surface area contributed by atoms with Crippen LogP contribution in [0.15, 0.2) is 40.2 Å². The Labute approximate surface area is 141 Å². The number of alkyl halides is 2. The predicted molar refractivity (Wildman–Crippen MR) is 88.5 cm³/mol. The first-order valence-electron chi connectivity index (χ1n) is 7.38. The maximum atomic E-state index is 12.7. The van der Waals surface area contributed by atoms with Crippen molar-refractivity contribution >= 4 is 11.2 Å². The molecule has 3 aromatic rings. The van der Waals surface area contributed by atoms with Crippen molar-refractivity contribution in [3.05, 3.63) is 62.6 Å². The molecule has 0 aliphatic carbocycles. The molecule has 6 nitrogen and oxygen atoms in total. The summed E-state index contributed by atoms with van der Waals surface area (Å²) in [7, 11) is 3.04. The fourth-order valence-electron chi connectivity index (χ4n) is 2.49. The molecule has 0 aliphatic rings. The van der Waals surface area contributed by atoms with E-state index in [4.69, 9.17) is 0 Å². The number of imidazole rings is 1. The predicted octanol–water partition coefficient (Wildman–Crippen LogP) is 1.42. The molecule has 0 unspecified atom stereocenters. The number of fused-ring (bicyclic) bond motifs is 1. The summed E-state index contributed by atoms with van der Waals surface area (Å²) in [6.07, 6.45) is -1.12. The second-order valence-corrected chi connectivity index (χ2v) is 5.49. The van der Waals surface area contributed by atoms with Gasteiger partial charge in [0.25, 0.3) is 12.0 Å². The molecule has 8 heteroatoms. The van der Waals surface area contributed by atoms with Crippen LogP contribution in [0.2, 0.25) is 0 Å². The van der Waals surface area contributed by atoms with Gasteiger partial charge in [-0.15, -0.1) is 0 Å². The van der Waals surface area contributed by atoms with E-state index in [9.17, 15) is 18.4 Å². The second kappa shape index (κ2) is 6.36. The SMILES string of the molecule is Cn1c(=O)c2c(ncn2C)n(CC#Cc2cccc(C(F)F)c2)c1=O. The molecule has 0 atom stereocenters. The average molecular weight is 344 g/mol. The number of aryl methyl sites for hydroxylation is 1. The van der Waals surface area contributed by atoms with Gasteiger partial charge in [0.05, 0.1) is 12.9 Å². The van der Waals surface area contributed by atoms with Gasteiger partial charge in [0.15, 0.2) is 11.2 Å². The van der Waals surface area contributed by atoms with E-state index in [0.29, 0.717) is 11.1 Å². The first kappa shape index (κ1) is 16.6. The summed E-state index contributed by atoms with van der Waals surface area (Å²) in [5.41, 5.74) is -0.123. The normalized spacial score (nSPS) is 10.9. The molecule has 2 aromatic heterocycles. The van der Waals surface area contributed by atoms with Crippen molar-refractivity contribution in [2.45, 2.75) is 13.0 Å². The molecule has 128 valence electrons. The Morgan fingerprint density at radius 1 is 1.24 bits per heavy atom. The first-order chi connectivity index (χ1) is 11.9. The smallest absolute Gasteiger partial charge is 0.328 e. The van der Waals surface area contributed by atoms with Gasteiger partial charge in [0.1, 0.15) is 0 Å². The van der Waals surface area contributed by atoms with Crippen LogP contribution in [0.25, 0.3) is 11.2 Å². The fraction of sp³-hybridized carbons (Fsp3) is 0.235. The minimum absolute atomic E-state index is 0.0145. The Bertz CT molecular complexity index is 1130. The maximum absolute atomic E-state index is 12.7. The van der Waals surface area contributed by atoms with Gasteiger partial charge in [-0.2, -0.15) is 0 Å². The molecule has 0 fully saturated rings. The van der Waals surface area contributed by atoms with Gasteiger partial charge in [-0.1, -0.05) is 24.0 Å². The average Bonchev–Trinajstić information content (AvgIpc) is 2.98. The van der Waals surface area contributed by atoms with Crippen molar-refractivity contribution < 1.29 is 8.78 Å². The van der Waals surface area contributed by atoms with E-state index in [1.54, 1.807) is 13.1 Å². The standard InChI is InChI=1S/C17H14F2N4O2/c1-21-10-20-15-13(21)16(24)22(2)17(25)23(15)8-4-6-11-5-3-7-12(9-11)14(18)19/h3,5,7,9-10,14H,8H2,1-2H3. The third-order valence-corrected chi connectivity index (χ3v) is 3.81. The largest absolute Gasteiger partial charge is 0.333 e. The molecular formula is C17H14F2N4O2. The lowest BCUT2D eigenvalue weighted by Gasteiger charge is -2.05. The van der Waals surface area contributed by atoms with Crippen LogP contribution >= 0.6 is 0 Å². The number of hydrogen-bond donors (Lipinski definition) is 0. The van der Waals surface area contributed by atoms with Crippen molar-refractivity contribution in [1.29, 1.82) is 0 Å². The van der Waals surface area contributed by atoms with E-state index in [2.05, 4.69) is 16.8 Å². The lowest BCUT2D eigenvalue weighted by Crippen LogP contribution is -2.38. The number of hydrogen-bond acceptors (Lipinski definition) is 3. The third kappa shape index (κ3) is 2.96. The topological polar surface area (TPSA) is 61.8 Å². The minimum Gasteiger partial charge on any atom is -0.328 e. The van der Waals surface area contributed by atoms with Gasteiger partial charge in [-0.3, -0.25) is 13.9 Å². The summed E-state index contributed by atoms with van der Waals surface area (Å²) >= 11 is 0. The zero-order chi connectivity index (χ0) is 18.1. The number of nitrogens with zero attached hydrogens (tertiary/aromatic N) is 4. The first-order valence-corrected chi connectivity index (χ1v) is 7.38. The summed E-state index contributed by atoms with van der Waals surface area (Å²) in [5, 5.41) is 0. The summed E-state index contributed by atoms with van der Waals surface area (Å²) in [6, 6.07) is 5.74. The summed E-state index contributed by atoms with van der Waals surface area (Å²) in [4.78, 5) is 28.6. The highest BCUT2D eigenvalue weighted by molar-refractivity contribution is 5.70. The third-order valence-electron chi connectivity index (χ3n) is 3.81. The molecule has 0 aliphatic heterocycles. The van der Waals surface area contributed by atoms with Gasteiger partial charge in [-0.25, -0.2) is 18.6 Å². The Balaban J connectivity index is 2.02. The van der Waals surface area contributed by atoms with Crippen LogP contribution in [0.5, 0.6) is 0 Å². The molecule has 2 heterocycles. The molecule has 0 amide bonds. The maximum Gasteiger partial charge on any atom is 0.333 e. The summed E-state index contributed by atoms with van der Waals surface area (Å²) in [5.74, 6) is 5.53. The molecule has 0 radical (unpaired) electrons. The molecule has 1 aromatic carbocycles. The van der Waals surface area contributed by atoms with Crippen molar-refractivity contribution in [2.24, 2.45) is 14.1 Å². The number of rotatable bonds is 2. The highest BCUT2D eigenvalue weighted by Gasteiger charge is 2.14. The molecule has 0 saturated carbocycles. The Morgan fingerprint density at radius 3 is 2.72 bits per heavy atom. The molecule has 0 saturated heterocycles. The van der Waals surface area contributed by atoms with Crippen molar-refractivity contribution in [1.82, 2.24) is 18.7 Å². The zero-order valence-corrected chi connectivity index (χ0v) is 13.5. The van der Waals surface area contributed by atoms with E-state index < -0.39 is 17.7 Å². The lowest BCUT2D eigenvalue weighted by molar-refractivity contribution is 0.151. The number of benzene rings is 1. The number of halogens is 2. The molecular weight excluding hydrogens is 330 g/mol. The van der Waals surface area contributed by atoms with E-state index in [1.165, 1.54) is 40.7 Å². The van der Waals surface area contributed by atoms with E-state index in [1.807, 2.05) is 0 Å². The van der Waals surface area contributed by atoms with Gasteiger partial charge in [0, 0.05) is 25.2 Å². The number of aromatic nitrogens is 4. The summed E-state index contributed by atoms with van der Waals surface area (Å²) < 4.78 is 29.2. The Hall–Kier alpha value is -3.21. The molecule has 0 spiro atoms.